The van der Waals surface area contributed by atoms with E-state index in [1.165, 1.54) is 4.88 Å². The smallest absolute Gasteiger partial charge is 0.123 e. The van der Waals surface area contributed by atoms with Crippen LogP contribution in [0.25, 0.3) is 10.6 Å². The molecule has 1 aromatic carbocycles. The van der Waals surface area contributed by atoms with Gasteiger partial charge in [0, 0.05) is 22.7 Å². The standard InChI is InChI=1S/C16H22N2OS/c1-5-8-17-12(3)15-10-18-16(20-15)13-6-7-14(19-4)11(2)9-13/h6-7,9-10,12,17H,5,8H2,1-4H3. The topological polar surface area (TPSA) is 34.2 Å². The maximum Gasteiger partial charge on any atom is 0.123 e. The molecule has 0 aliphatic rings. The Labute approximate surface area is 125 Å². The van der Waals surface area contributed by atoms with Gasteiger partial charge in [0.15, 0.2) is 0 Å². The van der Waals surface area contributed by atoms with Gasteiger partial charge in [0.1, 0.15) is 10.8 Å². The number of thiazole rings is 1. The fraction of sp³-hybridized carbons (Fsp3) is 0.438. The van der Waals surface area contributed by atoms with Gasteiger partial charge in [0.25, 0.3) is 0 Å². The molecule has 1 N–H and O–H groups in total. The summed E-state index contributed by atoms with van der Waals surface area (Å²) >= 11 is 1.75. The molecule has 2 aromatic rings. The van der Waals surface area contributed by atoms with Gasteiger partial charge < -0.3 is 10.1 Å². The number of rotatable bonds is 6. The van der Waals surface area contributed by atoms with Crippen LogP contribution in [0.2, 0.25) is 0 Å². The summed E-state index contributed by atoms with van der Waals surface area (Å²) in [7, 11) is 1.70. The number of methoxy groups -OCH3 is 1. The molecule has 0 radical (unpaired) electrons. The normalized spacial score (nSPS) is 12.4. The third-order valence-electron chi connectivity index (χ3n) is 3.29. The molecule has 0 spiro atoms. The van der Waals surface area contributed by atoms with Gasteiger partial charge in [-0.05, 0) is 50.6 Å². The number of hydrogen-bond donors (Lipinski definition) is 1. The molecule has 0 saturated carbocycles. The highest BCUT2D eigenvalue weighted by atomic mass is 32.1. The van der Waals surface area contributed by atoms with Crippen molar-refractivity contribution in [3.63, 3.8) is 0 Å². The van der Waals surface area contributed by atoms with E-state index in [4.69, 9.17) is 4.74 Å². The molecule has 0 aliphatic carbocycles. The van der Waals surface area contributed by atoms with Crippen LogP contribution >= 0.6 is 11.3 Å². The summed E-state index contributed by atoms with van der Waals surface area (Å²) in [6, 6.07) is 6.56. The molecule has 0 bridgehead atoms. The second kappa shape index (κ2) is 6.86. The molecule has 1 unspecified atom stereocenters. The van der Waals surface area contributed by atoms with Crippen LogP contribution in [0.3, 0.4) is 0 Å². The maximum absolute atomic E-state index is 5.30. The fourth-order valence-electron chi connectivity index (χ4n) is 2.09. The van der Waals surface area contributed by atoms with Crippen molar-refractivity contribution < 1.29 is 4.74 Å². The Morgan fingerprint density at radius 3 is 2.85 bits per heavy atom. The van der Waals surface area contributed by atoms with Gasteiger partial charge in [-0.3, -0.25) is 0 Å². The summed E-state index contributed by atoms with van der Waals surface area (Å²) in [6.45, 7) is 7.46. The Hall–Kier alpha value is -1.39. The van der Waals surface area contributed by atoms with E-state index in [1.807, 2.05) is 12.3 Å². The van der Waals surface area contributed by atoms with Crippen molar-refractivity contribution in [1.29, 1.82) is 0 Å². The van der Waals surface area contributed by atoms with Crippen LogP contribution in [0.15, 0.2) is 24.4 Å². The number of nitrogens with one attached hydrogen (secondary N) is 1. The quantitative estimate of drug-likeness (QED) is 0.866. The summed E-state index contributed by atoms with van der Waals surface area (Å²) in [5.74, 6) is 0.920. The number of benzene rings is 1. The molecule has 108 valence electrons. The van der Waals surface area contributed by atoms with Crippen molar-refractivity contribution in [2.24, 2.45) is 0 Å². The number of aromatic nitrogens is 1. The molecule has 1 heterocycles. The van der Waals surface area contributed by atoms with Crippen LogP contribution in [0.5, 0.6) is 5.75 Å². The summed E-state index contributed by atoms with van der Waals surface area (Å²) in [4.78, 5) is 5.83. The lowest BCUT2D eigenvalue weighted by Crippen LogP contribution is -2.18. The van der Waals surface area contributed by atoms with Crippen molar-refractivity contribution in [2.45, 2.75) is 33.2 Å². The highest BCUT2D eigenvalue weighted by Crippen LogP contribution is 2.31. The number of ether oxygens (including phenoxy) is 1. The highest BCUT2D eigenvalue weighted by Gasteiger charge is 2.11. The average Bonchev–Trinajstić information content (AvgIpc) is 2.94. The lowest BCUT2D eigenvalue weighted by atomic mass is 10.1. The molecule has 4 heteroatoms. The summed E-state index contributed by atoms with van der Waals surface area (Å²) in [5.41, 5.74) is 2.29. The van der Waals surface area contributed by atoms with Crippen LogP contribution in [0, 0.1) is 6.92 Å². The molecule has 1 aromatic heterocycles. The number of hydrogen-bond acceptors (Lipinski definition) is 4. The van der Waals surface area contributed by atoms with E-state index in [9.17, 15) is 0 Å². The molecule has 2 rings (SSSR count). The molecule has 3 nitrogen and oxygen atoms in total. The number of nitrogens with zero attached hydrogens (tertiary/aromatic N) is 1. The van der Waals surface area contributed by atoms with Gasteiger partial charge in [-0.2, -0.15) is 0 Å². The van der Waals surface area contributed by atoms with Crippen molar-refractivity contribution in [3.05, 3.63) is 34.8 Å². The first-order valence-electron chi connectivity index (χ1n) is 6.99. The monoisotopic (exact) mass is 290 g/mol. The summed E-state index contributed by atoms with van der Waals surface area (Å²) < 4.78 is 5.30. The first kappa shape index (κ1) is 15.0. The number of aryl methyl sites for hydroxylation is 1. The molecule has 1 atom stereocenters. The fourth-order valence-corrected chi connectivity index (χ4v) is 3.03. The largest absolute Gasteiger partial charge is 0.496 e. The predicted molar refractivity (Wildman–Crippen MR) is 85.5 cm³/mol. The van der Waals surface area contributed by atoms with Crippen molar-refractivity contribution in [3.8, 4) is 16.3 Å². The van der Waals surface area contributed by atoms with Crippen LogP contribution in [0.1, 0.15) is 36.8 Å². The molecular formula is C16H22N2OS. The lowest BCUT2D eigenvalue weighted by Gasteiger charge is -2.09. The molecule has 0 amide bonds. The minimum atomic E-state index is 0.362. The zero-order chi connectivity index (χ0) is 14.5. The average molecular weight is 290 g/mol. The van der Waals surface area contributed by atoms with Crippen LogP contribution in [-0.4, -0.2) is 18.6 Å². The molecule has 0 fully saturated rings. The van der Waals surface area contributed by atoms with Gasteiger partial charge in [-0.25, -0.2) is 4.98 Å². The molecule has 0 aliphatic heterocycles. The van der Waals surface area contributed by atoms with Crippen LogP contribution < -0.4 is 10.1 Å². The van der Waals surface area contributed by atoms with E-state index in [0.717, 1.165) is 34.8 Å². The Morgan fingerprint density at radius 1 is 1.40 bits per heavy atom. The summed E-state index contributed by atoms with van der Waals surface area (Å²) in [5, 5.41) is 4.56. The Kier molecular flexibility index (Phi) is 5.15. The Bertz CT molecular complexity index is 565. The second-order valence-corrected chi connectivity index (χ2v) is 5.99. The van der Waals surface area contributed by atoms with Crippen LogP contribution in [-0.2, 0) is 0 Å². The van der Waals surface area contributed by atoms with E-state index < -0.39 is 0 Å². The summed E-state index contributed by atoms with van der Waals surface area (Å²) in [6.07, 6.45) is 3.13. The van der Waals surface area contributed by atoms with Crippen molar-refractivity contribution in [1.82, 2.24) is 10.3 Å². The third kappa shape index (κ3) is 3.38. The SMILES string of the molecule is CCCNC(C)c1cnc(-c2ccc(OC)c(C)c2)s1. The zero-order valence-electron chi connectivity index (χ0n) is 12.6. The molecule has 0 saturated heterocycles. The third-order valence-corrected chi connectivity index (χ3v) is 4.52. The van der Waals surface area contributed by atoms with E-state index in [0.29, 0.717) is 6.04 Å². The minimum Gasteiger partial charge on any atom is -0.496 e. The van der Waals surface area contributed by atoms with Crippen molar-refractivity contribution in [2.75, 3.05) is 13.7 Å². The van der Waals surface area contributed by atoms with Crippen LogP contribution in [0.4, 0.5) is 0 Å². The van der Waals surface area contributed by atoms with Gasteiger partial charge in [-0.1, -0.05) is 6.92 Å². The van der Waals surface area contributed by atoms with Crippen molar-refractivity contribution >= 4 is 11.3 Å². The Balaban J connectivity index is 2.18. The minimum absolute atomic E-state index is 0.362. The van der Waals surface area contributed by atoms with E-state index in [2.05, 4.69) is 43.2 Å². The van der Waals surface area contributed by atoms with Gasteiger partial charge in [0.2, 0.25) is 0 Å². The molecule has 20 heavy (non-hydrogen) atoms. The predicted octanol–water partition coefficient (Wildman–Crippen LogP) is 4.19. The first-order chi connectivity index (χ1) is 9.65. The zero-order valence-corrected chi connectivity index (χ0v) is 13.4. The first-order valence-corrected chi connectivity index (χ1v) is 7.81. The van der Waals surface area contributed by atoms with Gasteiger partial charge >= 0.3 is 0 Å². The van der Waals surface area contributed by atoms with Gasteiger partial charge in [0.05, 0.1) is 7.11 Å². The molecular weight excluding hydrogens is 268 g/mol. The maximum atomic E-state index is 5.30. The second-order valence-electron chi connectivity index (χ2n) is 4.93. The van der Waals surface area contributed by atoms with E-state index >= 15 is 0 Å². The van der Waals surface area contributed by atoms with Gasteiger partial charge in [-0.15, -0.1) is 11.3 Å². The van der Waals surface area contributed by atoms with E-state index in [1.54, 1.807) is 18.4 Å². The van der Waals surface area contributed by atoms with E-state index in [-0.39, 0.29) is 0 Å². The Morgan fingerprint density at radius 2 is 2.20 bits per heavy atom. The highest BCUT2D eigenvalue weighted by molar-refractivity contribution is 7.15. The lowest BCUT2D eigenvalue weighted by molar-refractivity contribution is 0.412.